The van der Waals surface area contributed by atoms with Crippen LogP contribution >= 0.6 is 22.9 Å². The van der Waals surface area contributed by atoms with Crippen molar-refractivity contribution in [3.05, 3.63) is 33.2 Å². The monoisotopic (exact) mass is 332 g/mol. The molecule has 2 heterocycles. The van der Waals surface area contributed by atoms with Crippen molar-refractivity contribution in [2.45, 2.75) is 31.2 Å². The predicted octanol–water partition coefficient (Wildman–Crippen LogP) is 1.62. The molecule has 1 saturated carbocycles. The second-order valence-electron chi connectivity index (χ2n) is 4.66. The number of aromatic nitrogens is 3. The Morgan fingerprint density at radius 3 is 2.95 bits per heavy atom. The van der Waals surface area contributed by atoms with Gasteiger partial charge in [0.05, 0.1) is 35.3 Å². The highest BCUT2D eigenvalue weighted by molar-refractivity contribution is 7.90. The van der Waals surface area contributed by atoms with E-state index < -0.39 is 10.0 Å². The Morgan fingerprint density at radius 2 is 2.30 bits per heavy atom. The van der Waals surface area contributed by atoms with Crippen LogP contribution in [0.2, 0.25) is 5.02 Å². The Labute approximate surface area is 125 Å². The van der Waals surface area contributed by atoms with E-state index in [0.717, 1.165) is 17.7 Å². The normalized spacial score (nSPS) is 15.7. The summed E-state index contributed by atoms with van der Waals surface area (Å²) in [5.74, 6) is 0. The molecule has 0 aliphatic heterocycles. The van der Waals surface area contributed by atoms with Gasteiger partial charge >= 0.3 is 0 Å². The highest BCUT2D eigenvalue weighted by atomic mass is 35.5. The highest BCUT2D eigenvalue weighted by Gasteiger charge is 2.35. The van der Waals surface area contributed by atoms with Gasteiger partial charge < -0.3 is 0 Å². The van der Waals surface area contributed by atoms with Gasteiger partial charge in [0.1, 0.15) is 0 Å². The fourth-order valence-corrected chi connectivity index (χ4v) is 4.18. The average molecular weight is 333 g/mol. The fourth-order valence-electron chi connectivity index (χ4n) is 1.75. The van der Waals surface area contributed by atoms with Crippen molar-refractivity contribution in [3.63, 3.8) is 0 Å². The molecule has 3 rings (SSSR count). The molecule has 0 aromatic carbocycles. The zero-order valence-corrected chi connectivity index (χ0v) is 12.9. The Bertz CT molecular complexity index is 706. The van der Waals surface area contributed by atoms with Crippen LogP contribution in [0.15, 0.2) is 17.6 Å². The summed E-state index contributed by atoms with van der Waals surface area (Å²) in [6.45, 7) is 0.718. The summed E-state index contributed by atoms with van der Waals surface area (Å²) in [6.07, 6.45) is 3.23. The third kappa shape index (κ3) is 3.20. The van der Waals surface area contributed by atoms with Gasteiger partial charge in [-0.1, -0.05) is 16.8 Å². The molecule has 9 heteroatoms. The van der Waals surface area contributed by atoms with Gasteiger partial charge in [0.25, 0.3) is 0 Å². The van der Waals surface area contributed by atoms with Gasteiger partial charge in [-0.05, 0) is 24.3 Å². The largest absolute Gasteiger partial charge is 0.247 e. The molecule has 0 atom stereocenters. The number of hydrogen-bond donors (Lipinski definition) is 1. The summed E-state index contributed by atoms with van der Waals surface area (Å²) in [5, 5.41) is 10.3. The molecule has 2 aromatic heterocycles. The maximum absolute atomic E-state index is 11.7. The quantitative estimate of drug-likeness (QED) is 0.872. The van der Waals surface area contributed by atoms with E-state index in [9.17, 15) is 8.42 Å². The maximum Gasteiger partial charge on any atom is 0.214 e. The van der Waals surface area contributed by atoms with Crippen molar-refractivity contribution >= 4 is 33.0 Å². The lowest BCUT2D eigenvalue weighted by Crippen LogP contribution is -2.26. The second-order valence-corrected chi connectivity index (χ2v) is 8.12. The molecule has 0 spiro atoms. The molecule has 0 radical (unpaired) electrons. The molecular weight excluding hydrogens is 320 g/mol. The van der Waals surface area contributed by atoms with Gasteiger partial charge in [-0.3, -0.25) is 0 Å². The molecule has 20 heavy (non-hydrogen) atoms. The molecular formula is C11H13ClN4O2S2. The Balaban J connectivity index is 1.61. The minimum absolute atomic E-state index is 0.178. The average Bonchev–Trinajstić information content (AvgIpc) is 3.07. The molecule has 6 nitrogen and oxygen atoms in total. The van der Waals surface area contributed by atoms with Crippen LogP contribution in [-0.4, -0.2) is 28.7 Å². The van der Waals surface area contributed by atoms with Crippen molar-refractivity contribution in [1.82, 2.24) is 19.7 Å². The van der Waals surface area contributed by atoms with E-state index in [2.05, 4.69) is 15.0 Å². The van der Waals surface area contributed by atoms with Crippen molar-refractivity contribution in [1.29, 1.82) is 0 Å². The van der Waals surface area contributed by atoms with Crippen LogP contribution in [0.4, 0.5) is 0 Å². The number of rotatable bonds is 6. The first kappa shape index (κ1) is 14.0. The van der Waals surface area contributed by atoms with Gasteiger partial charge in [0.15, 0.2) is 0 Å². The van der Waals surface area contributed by atoms with E-state index >= 15 is 0 Å². The van der Waals surface area contributed by atoms with Crippen molar-refractivity contribution in [2.75, 3.05) is 0 Å². The van der Waals surface area contributed by atoms with E-state index in [1.165, 1.54) is 0 Å². The van der Waals surface area contributed by atoms with Crippen LogP contribution in [0.1, 0.15) is 23.4 Å². The first-order valence-electron chi connectivity index (χ1n) is 6.14. The Kier molecular flexibility index (Phi) is 3.80. The van der Waals surface area contributed by atoms with Gasteiger partial charge in [-0.2, -0.15) is 0 Å². The van der Waals surface area contributed by atoms with E-state index in [0.29, 0.717) is 17.3 Å². The number of nitrogens with one attached hydrogen (secondary N) is 1. The lowest BCUT2D eigenvalue weighted by Gasteiger charge is -2.02. The number of sulfonamides is 1. The van der Waals surface area contributed by atoms with Crippen molar-refractivity contribution in [2.24, 2.45) is 0 Å². The molecule has 0 unspecified atom stereocenters. The first-order valence-corrected chi connectivity index (χ1v) is 8.94. The first-order chi connectivity index (χ1) is 9.54. The Morgan fingerprint density at radius 1 is 1.50 bits per heavy atom. The smallest absolute Gasteiger partial charge is 0.214 e. The number of nitrogens with zero attached hydrogens (tertiary/aromatic N) is 3. The summed E-state index contributed by atoms with van der Waals surface area (Å²) in [7, 11) is -3.18. The topological polar surface area (TPSA) is 76.9 Å². The molecule has 2 aromatic rings. The highest BCUT2D eigenvalue weighted by Crippen LogP contribution is 2.27. The van der Waals surface area contributed by atoms with Crippen LogP contribution in [0.3, 0.4) is 0 Å². The third-order valence-electron chi connectivity index (χ3n) is 3.00. The van der Waals surface area contributed by atoms with Gasteiger partial charge in [-0.25, -0.2) is 17.8 Å². The number of hydrogen-bond acceptors (Lipinski definition) is 5. The van der Waals surface area contributed by atoms with Crippen LogP contribution in [0.25, 0.3) is 0 Å². The standard InChI is InChI=1S/C11H13ClN4O2S2/c12-10-3-4-19-11(10)7-16-6-8(14-15-16)5-13-20(17,18)9-1-2-9/h3-4,6,9,13H,1-2,5,7H2. The molecule has 0 amide bonds. The summed E-state index contributed by atoms with van der Waals surface area (Å²) in [5.41, 5.74) is 0.599. The predicted molar refractivity (Wildman–Crippen MR) is 77.2 cm³/mol. The minimum Gasteiger partial charge on any atom is -0.247 e. The van der Waals surface area contributed by atoms with E-state index in [4.69, 9.17) is 11.6 Å². The molecule has 1 aliphatic carbocycles. The summed E-state index contributed by atoms with van der Waals surface area (Å²) >= 11 is 7.57. The number of thiophene rings is 1. The Hall–Kier alpha value is -0.960. The van der Waals surface area contributed by atoms with E-state index in [1.54, 1.807) is 22.2 Å². The summed E-state index contributed by atoms with van der Waals surface area (Å²) < 4.78 is 27.6. The zero-order valence-electron chi connectivity index (χ0n) is 10.5. The van der Waals surface area contributed by atoms with Gasteiger partial charge in [-0.15, -0.1) is 16.4 Å². The number of halogens is 1. The van der Waals surface area contributed by atoms with E-state index in [1.807, 2.05) is 11.4 Å². The van der Waals surface area contributed by atoms with Gasteiger partial charge in [0.2, 0.25) is 10.0 Å². The molecule has 0 saturated heterocycles. The maximum atomic E-state index is 11.7. The summed E-state index contributed by atoms with van der Waals surface area (Å²) in [4.78, 5) is 1.00. The van der Waals surface area contributed by atoms with Crippen LogP contribution in [0, 0.1) is 0 Å². The van der Waals surface area contributed by atoms with Crippen LogP contribution in [-0.2, 0) is 23.1 Å². The zero-order chi connectivity index (χ0) is 14.2. The van der Waals surface area contributed by atoms with Crippen molar-refractivity contribution < 1.29 is 8.42 Å². The molecule has 1 N–H and O–H groups in total. The fraction of sp³-hybridized carbons (Fsp3) is 0.455. The SMILES string of the molecule is O=S(=O)(NCc1cn(Cc2sccc2Cl)nn1)C1CC1. The second kappa shape index (κ2) is 5.44. The molecule has 1 aliphatic rings. The lowest BCUT2D eigenvalue weighted by atomic mass is 10.4. The molecule has 0 bridgehead atoms. The van der Waals surface area contributed by atoms with E-state index in [-0.39, 0.29) is 11.8 Å². The minimum atomic E-state index is -3.18. The van der Waals surface area contributed by atoms with Gasteiger partial charge in [0, 0.05) is 4.88 Å². The summed E-state index contributed by atoms with van der Waals surface area (Å²) in [6, 6.07) is 1.84. The van der Waals surface area contributed by atoms with Crippen LogP contribution < -0.4 is 4.72 Å². The van der Waals surface area contributed by atoms with Crippen LogP contribution in [0.5, 0.6) is 0 Å². The third-order valence-corrected chi connectivity index (χ3v) is 6.27. The molecule has 108 valence electrons. The molecule has 1 fully saturated rings. The lowest BCUT2D eigenvalue weighted by molar-refractivity contribution is 0.579. The van der Waals surface area contributed by atoms with Crippen molar-refractivity contribution in [3.8, 4) is 0 Å².